The average Bonchev–Trinajstić information content (AvgIpc) is 3.29. The van der Waals surface area contributed by atoms with Gasteiger partial charge in [0.1, 0.15) is 5.69 Å². The molecule has 0 aliphatic heterocycles. The Labute approximate surface area is 143 Å². The van der Waals surface area contributed by atoms with Gasteiger partial charge in [-0.15, -0.1) is 0 Å². The van der Waals surface area contributed by atoms with Gasteiger partial charge in [-0.25, -0.2) is 0 Å². The van der Waals surface area contributed by atoms with E-state index >= 15 is 0 Å². The van der Waals surface area contributed by atoms with Crippen LogP contribution in [0.1, 0.15) is 78.8 Å². The Morgan fingerprint density at radius 1 is 1.25 bits per heavy atom. The van der Waals surface area contributed by atoms with Crippen LogP contribution < -0.4 is 0 Å². The first kappa shape index (κ1) is 15.4. The lowest BCUT2D eigenvalue weighted by Gasteiger charge is -2.36. The Morgan fingerprint density at radius 2 is 2.04 bits per heavy atom. The minimum atomic E-state index is 0.0855. The smallest absolute Gasteiger partial charge is 0.275 e. The number of hydrogen-bond donors (Lipinski definition) is 1. The molecule has 1 amide bonds. The van der Waals surface area contributed by atoms with Crippen LogP contribution in [0.15, 0.2) is 30.3 Å². The van der Waals surface area contributed by atoms with E-state index in [0.717, 1.165) is 37.8 Å². The van der Waals surface area contributed by atoms with Gasteiger partial charge in [0.05, 0.1) is 6.04 Å². The van der Waals surface area contributed by atoms with Crippen molar-refractivity contribution in [3.63, 3.8) is 0 Å². The zero-order valence-electron chi connectivity index (χ0n) is 14.5. The van der Waals surface area contributed by atoms with Crippen molar-refractivity contribution in [3.05, 3.63) is 52.8 Å². The maximum atomic E-state index is 13.2. The topological polar surface area (TPSA) is 49.0 Å². The van der Waals surface area contributed by atoms with Crippen LogP contribution in [0.5, 0.6) is 0 Å². The Balaban J connectivity index is 1.67. The predicted octanol–water partition coefficient (Wildman–Crippen LogP) is 4.22. The number of nitrogens with zero attached hydrogens (tertiary/aromatic N) is 2. The zero-order chi connectivity index (χ0) is 16.7. The van der Waals surface area contributed by atoms with E-state index in [1.54, 1.807) is 0 Å². The van der Waals surface area contributed by atoms with Crippen molar-refractivity contribution in [2.75, 3.05) is 0 Å². The van der Waals surface area contributed by atoms with E-state index in [9.17, 15) is 4.79 Å². The van der Waals surface area contributed by atoms with E-state index in [-0.39, 0.29) is 11.9 Å². The van der Waals surface area contributed by atoms with E-state index in [4.69, 9.17) is 0 Å². The number of aromatic amines is 1. The molecule has 1 saturated carbocycles. The molecule has 4 heteroatoms. The lowest BCUT2D eigenvalue weighted by atomic mass is 9.86. The van der Waals surface area contributed by atoms with Gasteiger partial charge in [-0.3, -0.25) is 9.89 Å². The summed E-state index contributed by atoms with van der Waals surface area (Å²) >= 11 is 0. The van der Waals surface area contributed by atoms with Gasteiger partial charge in [-0.05, 0) is 55.2 Å². The molecule has 1 unspecified atom stereocenters. The number of aryl methyl sites for hydroxylation is 1. The number of fused-ring (bicyclic) bond motifs is 1. The van der Waals surface area contributed by atoms with Crippen molar-refractivity contribution in [1.82, 2.24) is 15.1 Å². The first-order chi connectivity index (χ1) is 11.6. The molecule has 24 heavy (non-hydrogen) atoms. The molecule has 2 aliphatic carbocycles. The second-order valence-electron chi connectivity index (χ2n) is 7.41. The first-order valence-corrected chi connectivity index (χ1v) is 9.11. The predicted molar refractivity (Wildman–Crippen MR) is 94.0 cm³/mol. The van der Waals surface area contributed by atoms with Crippen LogP contribution in [0.2, 0.25) is 0 Å². The van der Waals surface area contributed by atoms with E-state index in [1.165, 1.54) is 11.1 Å². The molecule has 4 rings (SSSR count). The highest BCUT2D eigenvalue weighted by atomic mass is 16.2. The fourth-order valence-electron chi connectivity index (χ4n) is 3.81. The summed E-state index contributed by atoms with van der Waals surface area (Å²) in [7, 11) is 0. The van der Waals surface area contributed by atoms with Gasteiger partial charge in [0.25, 0.3) is 5.91 Å². The third-order valence-corrected chi connectivity index (χ3v) is 5.29. The summed E-state index contributed by atoms with van der Waals surface area (Å²) < 4.78 is 0. The normalized spacial score (nSPS) is 20.0. The van der Waals surface area contributed by atoms with Gasteiger partial charge >= 0.3 is 0 Å². The van der Waals surface area contributed by atoms with Crippen molar-refractivity contribution < 1.29 is 4.79 Å². The van der Waals surface area contributed by atoms with Crippen LogP contribution in [-0.2, 0) is 6.42 Å². The van der Waals surface area contributed by atoms with Crippen LogP contribution in [-0.4, -0.2) is 27.0 Å². The summed E-state index contributed by atoms with van der Waals surface area (Å²) in [5.74, 6) is 0.436. The van der Waals surface area contributed by atoms with E-state index in [2.05, 4.69) is 53.2 Å². The van der Waals surface area contributed by atoms with Gasteiger partial charge in [0.15, 0.2) is 0 Å². The number of nitrogens with one attached hydrogen (secondary N) is 1. The standard InChI is InChI=1S/C20H25N3O/c1-13(2)17-12-18(22-21-17)20(24)23(15-10-11-15)19-9-5-7-14-6-3-4-8-16(14)19/h3-4,6,8,12-13,15,19H,5,7,9-11H2,1-2H3,(H,21,22). The molecule has 0 radical (unpaired) electrons. The summed E-state index contributed by atoms with van der Waals surface area (Å²) in [4.78, 5) is 15.3. The van der Waals surface area contributed by atoms with Crippen LogP contribution >= 0.6 is 0 Å². The number of benzene rings is 1. The molecule has 0 bridgehead atoms. The lowest BCUT2D eigenvalue weighted by molar-refractivity contribution is 0.0631. The van der Waals surface area contributed by atoms with E-state index in [1.807, 2.05) is 6.07 Å². The quantitative estimate of drug-likeness (QED) is 0.916. The van der Waals surface area contributed by atoms with Crippen molar-refractivity contribution in [1.29, 1.82) is 0 Å². The van der Waals surface area contributed by atoms with Gasteiger partial charge < -0.3 is 4.90 Å². The Kier molecular flexibility index (Phi) is 3.91. The second kappa shape index (κ2) is 6.08. The number of aromatic nitrogens is 2. The molecule has 1 heterocycles. The molecule has 1 aromatic heterocycles. The Bertz CT molecular complexity index is 745. The SMILES string of the molecule is CC(C)c1cc(C(=O)N(C2CC2)C2CCCc3ccccc32)n[nH]1. The summed E-state index contributed by atoms with van der Waals surface area (Å²) in [5, 5.41) is 7.33. The zero-order valence-corrected chi connectivity index (χ0v) is 14.5. The summed E-state index contributed by atoms with van der Waals surface area (Å²) in [6, 6.07) is 11.1. The summed E-state index contributed by atoms with van der Waals surface area (Å²) in [6.45, 7) is 4.22. The fraction of sp³-hybridized carbons (Fsp3) is 0.500. The molecule has 2 aliphatic rings. The van der Waals surface area contributed by atoms with E-state index in [0.29, 0.717) is 17.7 Å². The lowest BCUT2D eigenvalue weighted by Crippen LogP contribution is -2.38. The fourth-order valence-corrected chi connectivity index (χ4v) is 3.81. The number of carbonyl (C=O) groups excluding carboxylic acids is 1. The number of carbonyl (C=O) groups is 1. The molecule has 0 saturated heterocycles. The van der Waals surface area contributed by atoms with Crippen LogP contribution in [0.25, 0.3) is 0 Å². The van der Waals surface area contributed by atoms with Gasteiger partial charge in [-0.2, -0.15) is 5.10 Å². The maximum absolute atomic E-state index is 13.2. The number of amides is 1. The van der Waals surface area contributed by atoms with Crippen molar-refractivity contribution in [2.45, 2.75) is 64.0 Å². The monoisotopic (exact) mass is 323 g/mol. The molecular weight excluding hydrogens is 298 g/mol. The highest BCUT2D eigenvalue weighted by molar-refractivity contribution is 5.93. The minimum Gasteiger partial charge on any atom is -0.327 e. The highest BCUT2D eigenvalue weighted by Crippen LogP contribution is 2.41. The molecule has 1 fully saturated rings. The van der Waals surface area contributed by atoms with Crippen molar-refractivity contribution >= 4 is 5.91 Å². The minimum absolute atomic E-state index is 0.0855. The molecule has 1 aromatic carbocycles. The number of H-pyrrole nitrogens is 1. The van der Waals surface area contributed by atoms with Crippen LogP contribution in [0, 0.1) is 0 Å². The largest absolute Gasteiger partial charge is 0.327 e. The van der Waals surface area contributed by atoms with E-state index < -0.39 is 0 Å². The van der Waals surface area contributed by atoms with Gasteiger partial charge in [-0.1, -0.05) is 38.1 Å². The second-order valence-corrected chi connectivity index (χ2v) is 7.41. The third kappa shape index (κ3) is 2.74. The molecule has 0 spiro atoms. The van der Waals surface area contributed by atoms with Gasteiger partial charge in [0, 0.05) is 11.7 Å². The molecule has 126 valence electrons. The Morgan fingerprint density at radius 3 is 2.75 bits per heavy atom. The van der Waals surface area contributed by atoms with Crippen molar-refractivity contribution in [3.8, 4) is 0 Å². The molecule has 4 nitrogen and oxygen atoms in total. The van der Waals surface area contributed by atoms with Crippen LogP contribution in [0.3, 0.4) is 0 Å². The summed E-state index contributed by atoms with van der Waals surface area (Å²) in [5.41, 5.74) is 4.33. The summed E-state index contributed by atoms with van der Waals surface area (Å²) in [6.07, 6.45) is 5.56. The molecule has 1 N–H and O–H groups in total. The third-order valence-electron chi connectivity index (χ3n) is 5.29. The molecule has 1 atom stereocenters. The van der Waals surface area contributed by atoms with Gasteiger partial charge in [0.2, 0.25) is 0 Å². The highest BCUT2D eigenvalue weighted by Gasteiger charge is 2.40. The Hall–Kier alpha value is -2.10. The number of rotatable bonds is 4. The first-order valence-electron chi connectivity index (χ1n) is 9.11. The van der Waals surface area contributed by atoms with Crippen LogP contribution in [0.4, 0.5) is 0 Å². The van der Waals surface area contributed by atoms with Crippen molar-refractivity contribution in [2.24, 2.45) is 0 Å². The molecular formula is C20H25N3O. The number of hydrogen-bond acceptors (Lipinski definition) is 2. The maximum Gasteiger partial charge on any atom is 0.275 e. The average molecular weight is 323 g/mol. The molecule has 2 aromatic rings.